The molecule has 1 amide bonds. The zero-order valence-electron chi connectivity index (χ0n) is 13.8. The van der Waals surface area contributed by atoms with Crippen molar-refractivity contribution < 1.29 is 4.79 Å². The molecule has 1 N–H and O–H groups in total. The van der Waals surface area contributed by atoms with E-state index in [1.807, 2.05) is 36.4 Å². The minimum absolute atomic E-state index is 0.121. The number of thioether (sulfide) groups is 2. The Morgan fingerprint density at radius 1 is 0.880 bits per heavy atom. The Bertz CT molecular complexity index is 668. The first-order valence-electron chi connectivity index (χ1n) is 8.05. The second kappa shape index (κ2) is 11.7. The number of hydrogen-bond acceptors (Lipinski definition) is 3. The van der Waals surface area contributed by atoms with Crippen LogP contribution in [0.25, 0.3) is 0 Å². The number of benzene rings is 2. The molecule has 0 aliphatic rings. The van der Waals surface area contributed by atoms with Gasteiger partial charge in [-0.1, -0.05) is 59.6 Å². The van der Waals surface area contributed by atoms with Crippen LogP contribution in [0.5, 0.6) is 0 Å². The summed E-state index contributed by atoms with van der Waals surface area (Å²) < 4.78 is 0. The van der Waals surface area contributed by atoms with E-state index in [2.05, 4.69) is 17.4 Å². The number of amides is 1. The van der Waals surface area contributed by atoms with Gasteiger partial charge in [-0.25, -0.2) is 0 Å². The van der Waals surface area contributed by atoms with Crippen LogP contribution in [0.1, 0.15) is 17.5 Å². The molecule has 25 heavy (non-hydrogen) atoms. The van der Waals surface area contributed by atoms with Gasteiger partial charge in [-0.3, -0.25) is 4.79 Å². The molecule has 2 aromatic carbocycles. The average molecular weight is 414 g/mol. The molecule has 0 spiro atoms. The SMILES string of the molecule is O=C(CCSCc1ccccc1)NCCSCc1ccc(Cl)c(Cl)c1. The van der Waals surface area contributed by atoms with Gasteiger partial charge in [-0.15, -0.1) is 0 Å². The summed E-state index contributed by atoms with van der Waals surface area (Å²) in [6.07, 6.45) is 0.564. The van der Waals surface area contributed by atoms with Crippen LogP contribution in [0, 0.1) is 0 Å². The van der Waals surface area contributed by atoms with Gasteiger partial charge in [0, 0.05) is 36.0 Å². The zero-order valence-corrected chi connectivity index (χ0v) is 17.0. The summed E-state index contributed by atoms with van der Waals surface area (Å²) in [7, 11) is 0. The summed E-state index contributed by atoms with van der Waals surface area (Å²) in [4.78, 5) is 11.8. The Morgan fingerprint density at radius 2 is 1.60 bits per heavy atom. The second-order valence-electron chi connectivity index (χ2n) is 5.44. The van der Waals surface area contributed by atoms with Crippen LogP contribution in [0.3, 0.4) is 0 Å². The van der Waals surface area contributed by atoms with Crippen LogP contribution >= 0.6 is 46.7 Å². The predicted octanol–water partition coefficient (Wildman–Crippen LogP) is 5.67. The summed E-state index contributed by atoms with van der Waals surface area (Å²) in [6, 6.07) is 16.0. The van der Waals surface area contributed by atoms with E-state index in [-0.39, 0.29) is 5.91 Å². The van der Waals surface area contributed by atoms with E-state index >= 15 is 0 Å². The van der Waals surface area contributed by atoms with Gasteiger partial charge in [0.1, 0.15) is 0 Å². The maximum absolute atomic E-state index is 11.8. The molecular weight excluding hydrogens is 393 g/mol. The third kappa shape index (κ3) is 8.41. The second-order valence-corrected chi connectivity index (χ2v) is 8.46. The van der Waals surface area contributed by atoms with Crippen LogP contribution < -0.4 is 5.32 Å². The lowest BCUT2D eigenvalue weighted by molar-refractivity contribution is -0.120. The van der Waals surface area contributed by atoms with Gasteiger partial charge >= 0.3 is 0 Å². The Morgan fingerprint density at radius 3 is 2.36 bits per heavy atom. The van der Waals surface area contributed by atoms with E-state index in [1.165, 1.54) is 5.56 Å². The standard InChI is InChI=1S/C19H21Cl2NOS2/c20-17-7-6-16(12-18(17)21)14-25-11-9-22-19(23)8-10-24-13-15-4-2-1-3-5-15/h1-7,12H,8-11,13-14H2,(H,22,23). The predicted molar refractivity (Wildman–Crippen MR) is 113 cm³/mol. The number of hydrogen-bond donors (Lipinski definition) is 1. The summed E-state index contributed by atoms with van der Waals surface area (Å²) in [6.45, 7) is 0.689. The average Bonchev–Trinajstić information content (AvgIpc) is 2.62. The van der Waals surface area contributed by atoms with Gasteiger partial charge < -0.3 is 5.32 Å². The lowest BCUT2D eigenvalue weighted by Gasteiger charge is -2.06. The molecule has 0 saturated heterocycles. The molecule has 6 heteroatoms. The molecule has 0 atom stereocenters. The first kappa shape index (κ1) is 20.5. The monoisotopic (exact) mass is 413 g/mol. The normalized spacial score (nSPS) is 10.6. The summed E-state index contributed by atoms with van der Waals surface area (Å²) in [5.74, 6) is 3.66. The molecule has 2 aromatic rings. The van der Waals surface area contributed by atoms with Gasteiger partial charge in [0.2, 0.25) is 5.91 Å². The largest absolute Gasteiger partial charge is 0.355 e. The van der Waals surface area contributed by atoms with Crippen LogP contribution in [0.2, 0.25) is 10.0 Å². The van der Waals surface area contributed by atoms with E-state index in [4.69, 9.17) is 23.2 Å². The highest BCUT2D eigenvalue weighted by atomic mass is 35.5. The topological polar surface area (TPSA) is 29.1 Å². The van der Waals surface area contributed by atoms with Crippen molar-refractivity contribution in [3.05, 3.63) is 69.7 Å². The Hall–Kier alpha value is -0.810. The van der Waals surface area contributed by atoms with Gasteiger partial charge in [0.15, 0.2) is 0 Å². The van der Waals surface area contributed by atoms with Gasteiger partial charge in [-0.2, -0.15) is 23.5 Å². The fourth-order valence-corrected chi connectivity index (χ4v) is 4.13. The van der Waals surface area contributed by atoms with Crippen LogP contribution in [-0.4, -0.2) is 24.0 Å². The van der Waals surface area contributed by atoms with E-state index in [0.717, 1.165) is 28.6 Å². The minimum Gasteiger partial charge on any atom is -0.355 e. The summed E-state index contributed by atoms with van der Waals surface area (Å²) in [5.41, 5.74) is 2.44. The molecule has 0 aliphatic heterocycles. The number of carbonyl (C=O) groups is 1. The van der Waals surface area contributed by atoms with Crippen molar-refractivity contribution in [1.29, 1.82) is 0 Å². The van der Waals surface area contributed by atoms with E-state index in [9.17, 15) is 4.79 Å². The van der Waals surface area contributed by atoms with E-state index in [1.54, 1.807) is 23.5 Å². The van der Waals surface area contributed by atoms with Crippen molar-refractivity contribution >= 4 is 52.6 Å². The number of halogens is 2. The highest BCUT2D eigenvalue weighted by Crippen LogP contribution is 2.24. The Kier molecular flexibility index (Phi) is 9.63. The fourth-order valence-electron chi connectivity index (χ4n) is 2.10. The summed E-state index contributed by atoms with van der Waals surface area (Å²) in [5, 5.41) is 4.13. The van der Waals surface area contributed by atoms with Gasteiger partial charge in [-0.05, 0) is 23.3 Å². The summed E-state index contributed by atoms with van der Waals surface area (Å²) >= 11 is 15.4. The quantitative estimate of drug-likeness (QED) is 0.508. The molecule has 0 heterocycles. The first-order valence-corrected chi connectivity index (χ1v) is 11.1. The van der Waals surface area contributed by atoms with Gasteiger partial charge in [0.25, 0.3) is 0 Å². The molecule has 0 saturated carbocycles. The molecule has 0 unspecified atom stereocenters. The van der Waals surface area contributed by atoms with Crippen LogP contribution in [0.4, 0.5) is 0 Å². The highest BCUT2D eigenvalue weighted by Gasteiger charge is 2.02. The van der Waals surface area contributed by atoms with Gasteiger partial charge in [0.05, 0.1) is 10.0 Å². The molecule has 0 radical (unpaired) electrons. The van der Waals surface area contributed by atoms with E-state index in [0.29, 0.717) is 23.0 Å². The molecule has 0 fully saturated rings. The maximum Gasteiger partial charge on any atom is 0.220 e. The van der Waals surface area contributed by atoms with Crippen molar-refractivity contribution in [3.8, 4) is 0 Å². The first-order chi connectivity index (χ1) is 12.1. The highest BCUT2D eigenvalue weighted by molar-refractivity contribution is 7.98. The zero-order chi connectivity index (χ0) is 17.9. The minimum atomic E-state index is 0.121. The third-order valence-corrected chi connectivity index (χ3v) is 6.21. The van der Waals surface area contributed by atoms with Crippen LogP contribution in [0.15, 0.2) is 48.5 Å². The molecular formula is C19H21Cl2NOS2. The lowest BCUT2D eigenvalue weighted by atomic mass is 10.2. The van der Waals surface area contributed by atoms with Crippen molar-refractivity contribution in [2.45, 2.75) is 17.9 Å². The number of rotatable bonds is 10. The van der Waals surface area contributed by atoms with E-state index < -0.39 is 0 Å². The fraction of sp³-hybridized carbons (Fsp3) is 0.316. The third-order valence-electron chi connectivity index (χ3n) is 3.41. The van der Waals surface area contributed by atoms with Crippen molar-refractivity contribution in [3.63, 3.8) is 0 Å². The maximum atomic E-state index is 11.8. The Labute approximate surface area is 168 Å². The van der Waals surface area contributed by atoms with Crippen LogP contribution in [-0.2, 0) is 16.3 Å². The van der Waals surface area contributed by atoms with Crippen molar-refractivity contribution in [1.82, 2.24) is 5.32 Å². The molecule has 2 rings (SSSR count). The molecule has 2 nitrogen and oxygen atoms in total. The van der Waals surface area contributed by atoms with Crippen molar-refractivity contribution in [2.24, 2.45) is 0 Å². The Balaban J connectivity index is 1.50. The smallest absolute Gasteiger partial charge is 0.220 e. The number of carbonyl (C=O) groups excluding carboxylic acids is 1. The molecule has 0 aliphatic carbocycles. The number of nitrogens with one attached hydrogen (secondary N) is 1. The molecule has 0 bridgehead atoms. The molecule has 134 valence electrons. The molecule has 0 aromatic heterocycles. The lowest BCUT2D eigenvalue weighted by Crippen LogP contribution is -2.25. The van der Waals surface area contributed by atoms with Crippen molar-refractivity contribution in [2.75, 3.05) is 18.1 Å².